The molecule has 0 aliphatic heterocycles. The molecule has 0 atom stereocenters. The van der Waals surface area contributed by atoms with E-state index < -0.39 is 11.5 Å². The highest BCUT2D eigenvalue weighted by Gasteiger charge is 2.21. The second-order valence-corrected chi connectivity index (χ2v) is 4.85. The molecule has 3 rings (SSSR count). The van der Waals surface area contributed by atoms with Crippen molar-refractivity contribution in [2.45, 2.75) is 13.8 Å². The number of carboxylic acid groups (broad SMARTS) is 1. The van der Waals surface area contributed by atoms with Gasteiger partial charge in [0.25, 0.3) is 5.56 Å². The van der Waals surface area contributed by atoms with Crippen LogP contribution < -0.4 is 5.56 Å². The predicted molar refractivity (Wildman–Crippen MR) is 77.1 cm³/mol. The summed E-state index contributed by atoms with van der Waals surface area (Å²) in [5.41, 5.74) is 0.321. The van der Waals surface area contributed by atoms with Crippen LogP contribution in [0.5, 0.6) is 0 Å². The SMILES string of the molecule is Cc1nc(C)c2c(=O)n(O)c3ccccc3c2c1C(=O)O. The summed E-state index contributed by atoms with van der Waals surface area (Å²) < 4.78 is 0.535. The topological polar surface area (TPSA) is 92.4 Å². The van der Waals surface area contributed by atoms with E-state index in [1.165, 1.54) is 0 Å². The molecule has 0 spiro atoms. The molecule has 2 N–H and O–H groups in total. The Balaban J connectivity index is 2.80. The Morgan fingerprint density at radius 3 is 2.48 bits per heavy atom. The molecule has 2 heterocycles. The van der Waals surface area contributed by atoms with Gasteiger partial charge in [0.05, 0.1) is 27.9 Å². The van der Waals surface area contributed by atoms with E-state index in [0.717, 1.165) is 0 Å². The van der Waals surface area contributed by atoms with Crippen molar-refractivity contribution in [3.8, 4) is 0 Å². The quantitative estimate of drug-likeness (QED) is 0.527. The molecule has 0 saturated carbocycles. The van der Waals surface area contributed by atoms with Gasteiger partial charge in [0.15, 0.2) is 0 Å². The standard InChI is InChI=1S/C15H12N2O4/c1-7-11-13(12(15(19)20)8(2)16-7)9-5-3-4-6-10(9)17(21)14(11)18/h3-6,21H,1-2H3,(H,19,20). The zero-order chi connectivity index (χ0) is 15.3. The maximum atomic E-state index is 12.3. The lowest BCUT2D eigenvalue weighted by atomic mass is 9.99. The highest BCUT2D eigenvalue weighted by Crippen LogP contribution is 2.28. The van der Waals surface area contributed by atoms with Crippen LogP contribution >= 0.6 is 0 Å². The van der Waals surface area contributed by atoms with Crippen LogP contribution in [0.25, 0.3) is 21.7 Å². The minimum absolute atomic E-state index is 0.00972. The second-order valence-electron chi connectivity index (χ2n) is 4.85. The number of aromatic nitrogens is 2. The molecule has 3 aromatic rings. The minimum Gasteiger partial charge on any atom is -0.478 e. The van der Waals surface area contributed by atoms with Crippen LogP contribution in [0.1, 0.15) is 21.7 Å². The van der Waals surface area contributed by atoms with E-state index in [0.29, 0.717) is 26.9 Å². The highest BCUT2D eigenvalue weighted by molar-refractivity contribution is 6.16. The van der Waals surface area contributed by atoms with Crippen LogP contribution in [0.15, 0.2) is 29.1 Å². The first-order chi connectivity index (χ1) is 9.93. The fourth-order valence-corrected chi connectivity index (χ4v) is 2.73. The van der Waals surface area contributed by atoms with Gasteiger partial charge in [-0.25, -0.2) is 4.79 Å². The van der Waals surface area contributed by atoms with Crippen LogP contribution in [0.4, 0.5) is 0 Å². The third kappa shape index (κ3) is 1.69. The summed E-state index contributed by atoms with van der Waals surface area (Å²) in [6, 6.07) is 6.63. The Kier molecular flexibility index (Phi) is 2.69. The van der Waals surface area contributed by atoms with Gasteiger partial charge < -0.3 is 10.3 Å². The van der Waals surface area contributed by atoms with Crippen LogP contribution in [-0.2, 0) is 0 Å². The van der Waals surface area contributed by atoms with Crippen molar-refractivity contribution < 1.29 is 15.1 Å². The predicted octanol–water partition coefficient (Wildman–Crippen LogP) is 2.10. The first-order valence-corrected chi connectivity index (χ1v) is 6.30. The average Bonchev–Trinajstić information content (AvgIpc) is 2.43. The van der Waals surface area contributed by atoms with Gasteiger partial charge in [0, 0.05) is 10.8 Å². The van der Waals surface area contributed by atoms with Crippen molar-refractivity contribution >= 4 is 27.6 Å². The summed E-state index contributed by atoms with van der Waals surface area (Å²) in [5.74, 6) is -1.15. The molecular weight excluding hydrogens is 272 g/mol. The van der Waals surface area contributed by atoms with E-state index in [1.54, 1.807) is 38.1 Å². The maximum Gasteiger partial charge on any atom is 0.338 e. The number of benzene rings is 1. The number of aryl methyl sites for hydroxylation is 2. The van der Waals surface area contributed by atoms with Crippen molar-refractivity contribution in [1.29, 1.82) is 0 Å². The highest BCUT2D eigenvalue weighted by atomic mass is 16.5. The molecule has 0 amide bonds. The van der Waals surface area contributed by atoms with E-state index in [9.17, 15) is 19.9 Å². The molecule has 6 nitrogen and oxygen atoms in total. The number of aromatic carboxylic acids is 1. The third-order valence-electron chi connectivity index (χ3n) is 3.58. The van der Waals surface area contributed by atoms with Crippen molar-refractivity contribution in [2.24, 2.45) is 0 Å². The van der Waals surface area contributed by atoms with E-state index in [-0.39, 0.29) is 16.5 Å². The fourth-order valence-electron chi connectivity index (χ4n) is 2.73. The third-order valence-corrected chi connectivity index (χ3v) is 3.58. The molecule has 0 saturated heterocycles. The van der Waals surface area contributed by atoms with Crippen LogP contribution in [0, 0.1) is 13.8 Å². The lowest BCUT2D eigenvalue weighted by Gasteiger charge is -2.12. The van der Waals surface area contributed by atoms with Gasteiger partial charge in [-0.2, -0.15) is 0 Å². The number of rotatable bonds is 1. The summed E-state index contributed by atoms with van der Waals surface area (Å²) in [6.45, 7) is 3.21. The molecule has 0 radical (unpaired) electrons. The first kappa shape index (κ1) is 13.1. The summed E-state index contributed by atoms with van der Waals surface area (Å²) in [5, 5.41) is 20.4. The molecular formula is C15H12N2O4. The lowest BCUT2D eigenvalue weighted by Crippen LogP contribution is -2.21. The Hall–Kier alpha value is -2.89. The summed E-state index contributed by atoms with van der Waals surface area (Å²) >= 11 is 0. The summed E-state index contributed by atoms with van der Waals surface area (Å²) in [6.07, 6.45) is 0. The van der Waals surface area contributed by atoms with Gasteiger partial charge in [-0.15, -0.1) is 4.73 Å². The Morgan fingerprint density at radius 1 is 1.14 bits per heavy atom. The number of hydrogen-bond donors (Lipinski definition) is 2. The van der Waals surface area contributed by atoms with Crippen molar-refractivity contribution in [3.63, 3.8) is 0 Å². The van der Waals surface area contributed by atoms with E-state index in [2.05, 4.69) is 4.98 Å². The first-order valence-electron chi connectivity index (χ1n) is 6.30. The van der Waals surface area contributed by atoms with Crippen LogP contribution in [0.2, 0.25) is 0 Å². The lowest BCUT2D eigenvalue weighted by molar-refractivity contribution is 0.0698. The van der Waals surface area contributed by atoms with Crippen molar-refractivity contribution in [2.75, 3.05) is 0 Å². The van der Waals surface area contributed by atoms with Crippen LogP contribution in [0.3, 0.4) is 0 Å². The van der Waals surface area contributed by atoms with Crippen molar-refractivity contribution in [3.05, 3.63) is 51.6 Å². The van der Waals surface area contributed by atoms with E-state index >= 15 is 0 Å². The van der Waals surface area contributed by atoms with Gasteiger partial charge in [0.2, 0.25) is 0 Å². The van der Waals surface area contributed by atoms with E-state index in [1.807, 2.05) is 0 Å². The zero-order valence-electron chi connectivity index (χ0n) is 11.4. The minimum atomic E-state index is -1.15. The summed E-state index contributed by atoms with van der Waals surface area (Å²) in [7, 11) is 0. The molecule has 0 aliphatic carbocycles. The van der Waals surface area contributed by atoms with Gasteiger partial charge in [-0.1, -0.05) is 18.2 Å². The average molecular weight is 284 g/mol. The Labute approximate surface area is 118 Å². The molecule has 2 aromatic heterocycles. The number of para-hydroxylation sites is 1. The van der Waals surface area contributed by atoms with E-state index in [4.69, 9.17) is 0 Å². The molecule has 0 bridgehead atoms. The molecule has 0 fully saturated rings. The molecule has 6 heteroatoms. The van der Waals surface area contributed by atoms with Gasteiger partial charge in [0.1, 0.15) is 0 Å². The smallest absolute Gasteiger partial charge is 0.338 e. The number of pyridine rings is 2. The molecule has 106 valence electrons. The molecule has 21 heavy (non-hydrogen) atoms. The number of fused-ring (bicyclic) bond motifs is 3. The number of hydrogen-bond acceptors (Lipinski definition) is 4. The second kappa shape index (κ2) is 4.31. The monoisotopic (exact) mass is 284 g/mol. The Bertz CT molecular complexity index is 973. The molecule has 0 unspecified atom stereocenters. The van der Waals surface area contributed by atoms with Crippen molar-refractivity contribution in [1.82, 2.24) is 9.71 Å². The zero-order valence-corrected chi connectivity index (χ0v) is 11.4. The van der Waals surface area contributed by atoms with Crippen LogP contribution in [-0.4, -0.2) is 26.0 Å². The van der Waals surface area contributed by atoms with Gasteiger partial charge in [-0.3, -0.25) is 9.78 Å². The number of carbonyl (C=O) groups is 1. The normalized spacial score (nSPS) is 11.1. The number of nitrogens with zero attached hydrogens (tertiary/aromatic N) is 2. The number of carboxylic acids is 1. The van der Waals surface area contributed by atoms with Gasteiger partial charge in [-0.05, 0) is 19.9 Å². The molecule has 0 aliphatic rings. The van der Waals surface area contributed by atoms with Gasteiger partial charge >= 0.3 is 5.97 Å². The fraction of sp³-hybridized carbons (Fsp3) is 0.133. The largest absolute Gasteiger partial charge is 0.478 e. The molecule has 1 aromatic carbocycles. The Morgan fingerprint density at radius 2 is 1.81 bits per heavy atom. The summed E-state index contributed by atoms with van der Waals surface area (Å²) in [4.78, 5) is 28.0. The maximum absolute atomic E-state index is 12.3.